The Morgan fingerprint density at radius 2 is 2.00 bits per heavy atom. The van der Waals surface area contributed by atoms with Gasteiger partial charge >= 0.3 is 0 Å². The minimum absolute atomic E-state index is 0.291. The molecule has 0 aromatic rings. The van der Waals surface area contributed by atoms with Crippen LogP contribution in [0.4, 0.5) is 0 Å². The van der Waals surface area contributed by atoms with Gasteiger partial charge in [0.2, 0.25) is 0 Å². The molecule has 0 aromatic heterocycles. The molecule has 0 saturated heterocycles. The Bertz CT molecular complexity index is 212. The van der Waals surface area contributed by atoms with Gasteiger partial charge in [-0.1, -0.05) is 12.5 Å². The summed E-state index contributed by atoms with van der Waals surface area (Å²) in [5.41, 5.74) is 2.08. The maximum atomic E-state index is 4.16. The van der Waals surface area contributed by atoms with Crippen LogP contribution in [0.5, 0.6) is 0 Å². The summed E-state index contributed by atoms with van der Waals surface area (Å²) in [5.74, 6) is 0. The van der Waals surface area contributed by atoms with Crippen molar-refractivity contribution >= 4 is 6.72 Å². The third-order valence-electron chi connectivity index (χ3n) is 1.81. The maximum absolute atomic E-state index is 4.16. The van der Waals surface area contributed by atoms with E-state index in [2.05, 4.69) is 28.9 Å². The van der Waals surface area contributed by atoms with E-state index in [0.717, 1.165) is 17.7 Å². The molecular weight excluding hydrogens is 162 g/mol. The molecule has 0 radical (unpaired) electrons. The minimum Gasteiger partial charge on any atom is -0.294 e. The molecule has 0 bridgehead atoms. The molecule has 0 aromatic carbocycles. The first-order chi connectivity index (χ1) is 6.11. The van der Waals surface area contributed by atoms with E-state index in [1.54, 1.807) is 0 Å². The zero-order valence-corrected chi connectivity index (χ0v) is 9.04. The maximum Gasteiger partial charge on any atom is 0.0826 e. The number of hydrogen-bond donors (Lipinski definition) is 0. The van der Waals surface area contributed by atoms with Crippen molar-refractivity contribution in [2.75, 3.05) is 6.54 Å². The predicted molar refractivity (Wildman–Crippen MR) is 57.4 cm³/mol. The summed E-state index contributed by atoms with van der Waals surface area (Å²) in [5, 5.41) is 8.32. The Labute approximate surface area is 80.7 Å². The smallest absolute Gasteiger partial charge is 0.0826 e. The van der Waals surface area contributed by atoms with E-state index in [0.29, 0.717) is 12.6 Å². The molecule has 3 heteroatoms. The van der Waals surface area contributed by atoms with Gasteiger partial charge in [0.15, 0.2) is 0 Å². The summed E-state index contributed by atoms with van der Waals surface area (Å²) in [4.78, 5) is 3.80. The van der Waals surface area contributed by atoms with Crippen molar-refractivity contribution in [1.29, 1.82) is 0 Å². The third-order valence-corrected chi connectivity index (χ3v) is 1.81. The normalized spacial score (nSPS) is 12.9. The minimum atomic E-state index is 0.291. The Kier molecular flexibility index (Phi) is 6.02. The van der Waals surface area contributed by atoms with Gasteiger partial charge < -0.3 is 0 Å². The number of aliphatic imine (C=N–C) groups is 1. The summed E-state index contributed by atoms with van der Waals surface area (Å²) in [6.07, 6.45) is 1.01. The first kappa shape index (κ1) is 12.0. The molecule has 3 nitrogen and oxygen atoms in total. The zero-order chi connectivity index (χ0) is 10.3. The molecule has 0 amide bonds. The van der Waals surface area contributed by atoms with Crippen LogP contribution in [-0.2, 0) is 0 Å². The average molecular weight is 181 g/mol. The van der Waals surface area contributed by atoms with Crippen LogP contribution < -0.4 is 0 Å². The second-order valence-corrected chi connectivity index (χ2v) is 3.30. The van der Waals surface area contributed by atoms with Crippen LogP contribution in [0.2, 0.25) is 0 Å². The van der Waals surface area contributed by atoms with Gasteiger partial charge in [0, 0.05) is 0 Å². The van der Waals surface area contributed by atoms with Crippen LogP contribution in [0.3, 0.4) is 0 Å². The van der Waals surface area contributed by atoms with Gasteiger partial charge in [0.05, 0.1) is 18.3 Å². The lowest BCUT2D eigenvalue weighted by Gasteiger charge is -2.01. The highest BCUT2D eigenvalue weighted by molar-refractivity contribution is 5.25. The average Bonchev–Trinajstić information content (AvgIpc) is 2.11. The van der Waals surface area contributed by atoms with Crippen molar-refractivity contribution in [3.63, 3.8) is 0 Å². The van der Waals surface area contributed by atoms with E-state index in [1.807, 2.05) is 20.8 Å². The van der Waals surface area contributed by atoms with Crippen molar-refractivity contribution in [2.24, 2.45) is 15.2 Å². The van der Waals surface area contributed by atoms with E-state index in [1.165, 1.54) is 0 Å². The molecule has 74 valence electrons. The van der Waals surface area contributed by atoms with Gasteiger partial charge in [0.1, 0.15) is 0 Å². The fourth-order valence-electron chi connectivity index (χ4n) is 0.646. The van der Waals surface area contributed by atoms with Crippen LogP contribution in [-0.4, -0.2) is 19.3 Å². The van der Waals surface area contributed by atoms with Gasteiger partial charge in [-0.3, -0.25) is 4.99 Å². The van der Waals surface area contributed by atoms with Crippen molar-refractivity contribution in [3.8, 4) is 0 Å². The topological polar surface area (TPSA) is 37.1 Å². The van der Waals surface area contributed by atoms with E-state index >= 15 is 0 Å². The first-order valence-corrected chi connectivity index (χ1v) is 4.61. The Morgan fingerprint density at radius 1 is 1.38 bits per heavy atom. The molecule has 0 unspecified atom stereocenters. The summed E-state index contributed by atoms with van der Waals surface area (Å²) >= 11 is 0. The van der Waals surface area contributed by atoms with Gasteiger partial charge in [-0.05, 0) is 33.9 Å². The van der Waals surface area contributed by atoms with Crippen LogP contribution in [0.25, 0.3) is 0 Å². The molecule has 0 rings (SSSR count). The van der Waals surface area contributed by atoms with E-state index in [9.17, 15) is 0 Å². The van der Waals surface area contributed by atoms with Gasteiger partial charge in [-0.15, -0.1) is 0 Å². The number of hydrogen-bond acceptors (Lipinski definition) is 3. The van der Waals surface area contributed by atoms with E-state index in [4.69, 9.17) is 0 Å². The lowest BCUT2D eigenvalue weighted by atomic mass is 10.2. The van der Waals surface area contributed by atoms with Gasteiger partial charge in [-0.25, -0.2) is 0 Å². The largest absolute Gasteiger partial charge is 0.294 e. The SMILES string of the molecule is C=NCC(N=N[C@H](C)CC)=C(C)C. The number of allylic oxidation sites excluding steroid dienone is 1. The Hall–Kier alpha value is -0.990. The zero-order valence-electron chi connectivity index (χ0n) is 9.04. The van der Waals surface area contributed by atoms with Crippen molar-refractivity contribution in [1.82, 2.24) is 0 Å². The molecule has 0 saturated carbocycles. The van der Waals surface area contributed by atoms with Crippen molar-refractivity contribution in [2.45, 2.75) is 40.2 Å². The summed E-state index contributed by atoms with van der Waals surface area (Å²) in [6.45, 7) is 12.2. The Morgan fingerprint density at radius 3 is 2.38 bits per heavy atom. The molecule has 0 fully saturated rings. The predicted octanol–water partition coefficient (Wildman–Crippen LogP) is 3.23. The molecule has 0 aliphatic carbocycles. The summed E-state index contributed by atoms with van der Waals surface area (Å²) in [7, 11) is 0. The van der Waals surface area contributed by atoms with Gasteiger partial charge in [0.25, 0.3) is 0 Å². The first-order valence-electron chi connectivity index (χ1n) is 4.61. The van der Waals surface area contributed by atoms with Gasteiger partial charge in [-0.2, -0.15) is 10.2 Å². The summed E-state index contributed by atoms with van der Waals surface area (Å²) in [6, 6.07) is 0.291. The fourth-order valence-corrected chi connectivity index (χ4v) is 0.646. The second kappa shape index (κ2) is 6.52. The highest BCUT2D eigenvalue weighted by atomic mass is 15.1. The Balaban J connectivity index is 4.35. The molecule has 1 atom stereocenters. The fraction of sp³-hybridized carbons (Fsp3) is 0.700. The number of rotatable bonds is 5. The van der Waals surface area contributed by atoms with E-state index in [-0.39, 0.29) is 0 Å². The summed E-state index contributed by atoms with van der Waals surface area (Å²) < 4.78 is 0. The van der Waals surface area contributed by atoms with Crippen LogP contribution in [0.1, 0.15) is 34.1 Å². The quantitative estimate of drug-likeness (QED) is 0.461. The van der Waals surface area contributed by atoms with Crippen LogP contribution in [0.15, 0.2) is 26.5 Å². The highest BCUT2D eigenvalue weighted by Crippen LogP contribution is 2.08. The molecule has 0 spiro atoms. The lowest BCUT2D eigenvalue weighted by Crippen LogP contribution is -1.94. The second-order valence-electron chi connectivity index (χ2n) is 3.30. The molecular formula is C10H19N3. The van der Waals surface area contributed by atoms with Crippen molar-refractivity contribution < 1.29 is 0 Å². The molecule has 0 aliphatic heterocycles. The highest BCUT2D eigenvalue weighted by Gasteiger charge is 1.97. The number of nitrogens with zero attached hydrogens (tertiary/aromatic N) is 3. The monoisotopic (exact) mass is 181 g/mol. The number of azo groups is 1. The molecule has 13 heavy (non-hydrogen) atoms. The molecule has 0 heterocycles. The van der Waals surface area contributed by atoms with E-state index < -0.39 is 0 Å². The third kappa shape index (κ3) is 5.28. The van der Waals surface area contributed by atoms with Crippen LogP contribution in [0, 0.1) is 0 Å². The van der Waals surface area contributed by atoms with Crippen molar-refractivity contribution in [3.05, 3.63) is 11.3 Å². The molecule has 0 N–H and O–H groups in total. The standard InChI is InChI=1S/C10H19N3/c1-6-9(4)12-13-10(7-11-5)8(2)3/h9H,5-7H2,1-4H3/t9-/m1/s1. The van der Waals surface area contributed by atoms with Crippen LogP contribution >= 0.6 is 0 Å². The molecule has 0 aliphatic rings. The lowest BCUT2D eigenvalue weighted by molar-refractivity contribution is 0.670.